The number of benzene rings is 1. The Balaban J connectivity index is 1.41. The van der Waals surface area contributed by atoms with E-state index in [1.54, 1.807) is 12.1 Å². The van der Waals surface area contributed by atoms with Crippen LogP contribution in [0.3, 0.4) is 0 Å². The van der Waals surface area contributed by atoms with E-state index in [1.165, 1.54) is 19.2 Å². The summed E-state index contributed by atoms with van der Waals surface area (Å²) in [6, 6.07) is 5.89. The van der Waals surface area contributed by atoms with E-state index < -0.39 is 11.5 Å². The molecule has 6 nitrogen and oxygen atoms in total. The molecular weight excluding hydrogens is 505 g/mol. The maximum absolute atomic E-state index is 15.0. The van der Waals surface area contributed by atoms with Gasteiger partial charge in [-0.15, -0.1) is 5.10 Å². The van der Waals surface area contributed by atoms with Crippen molar-refractivity contribution in [1.29, 1.82) is 0 Å². The molecule has 40 heavy (non-hydrogen) atoms. The lowest BCUT2D eigenvalue weighted by Gasteiger charge is -2.62. The standard InChI is InChI=1S/C33H42FN3O3/c1-20(8-17-28(38)40-4)25-15-16-26-24-14-11-22-7-5-6-18-32(22,2)29(24)30(31(39)33(25,26)3)37-19-27(35-36-37)21-9-12-23(34)13-10-21/h5,9-10,12-14,19-20,22,24-26,29-30H,6-8,11,15-18H2,1-4H3/t20-,22+,24?,25?,26?,29?,30+,32+,33-/m1/s1. The fourth-order valence-corrected chi connectivity index (χ4v) is 9.55. The van der Waals surface area contributed by atoms with Crippen molar-refractivity contribution in [2.75, 3.05) is 7.11 Å². The molecule has 0 saturated heterocycles. The highest BCUT2D eigenvalue weighted by Crippen LogP contribution is 2.69. The van der Waals surface area contributed by atoms with Gasteiger partial charge in [-0.05, 0) is 123 Å². The third-order valence-corrected chi connectivity index (χ3v) is 11.7. The van der Waals surface area contributed by atoms with Gasteiger partial charge in [-0.2, -0.15) is 0 Å². The van der Waals surface area contributed by atoms with Crippen LogP contribution in [0.1, 0.15) is 78.2 Å². The Morgan fingerprint density at radius 1 is 1.20 bits per heavy atom. The fourth-order valence-electron chi connectivity index (χ4n) is 9.55. The Hall–Kier alpha value is -2.57. The first-order valence-electron chi connectivity index (χ1n) is 15.1. The molecule has 7 heteroatoms. The van der Waals surface area contributed by atoms with Gasteiger partial charge < -0.3 is 4.74 Å². The van der Waals surface area contributed by atoms with Crippen LogP contribution < -0.4 is 0 Å². The minimum absolute atomic E-state index is 0.0480. The van der Waals surface area contributed by atoms with E-state index in [2.05, 4.69) is 43.9 Å². The zero-order chi connectivity index (χ0) is 28.2. The van der Waals surface area contributed by atoms with Gasteiger partial charge in [0, 0.05) is 17.4 Å². The molecule has 4 aliphatic rings. The van der Waals surface area contributed by atoms with Crippen LogP contribution in [0.4, 0.5) is 4.39 Å². The molecule has 4 aliphatic carbocycles. The van der Waals surface area contributed by atoms with E-state index in [-0.39, 0.29) is 40.7 Å². The van der Waals surface area contributed by atoms with Crippen molar-refractivity contribution in [2.45, 2.75) is 78.2 Å². The molecular formula is C33H42FN3O3. The van der Waals surface area contributed by atoms with Gasteiger partial charge in [0.1, 0.15) is 17.6 Å². The number of ketones is 1. The van der Waals surface area contributed by atoms with Crippen molar-refractivity contribution in [3.8, 4) is 11.3 Å². The molecule has 0 amide bonds. The average Bonchev–Trinajstić information content (AvgIpc) is 3.58. The van der Waals surface area contributed by atoms with E-state index in [0.717, 1.165) is 50.5 Å². The lowest BCUT2D eigenvalue weighted by Crippen LogP contribution is -2.61. The number of Topliss-reactive ketones (excluding diaryl/α,β-unsaturated/α-hetero) is 1. The van der Waals surface area contributed by atoms with Crippen molar-refractivity contribution >= 4 is 11.8 Å². The molecule has 6 rings (SSSR count). The van der Waals surface area contributed by atoms with Gasteiger partial charge in [0.25, 0.3) is 0 Å². The highest BCUT2D eigenvalue weighted by molar-refractivity contribution is 5.91. The predicted molar refractivity (Wildman–Crippen MR) is 150 cm³/mol. The first-order valence-corrected chi connectivity index (χ1v) is 15.1. The van der Waals surface area contributed by atoms with Crippen molar-refractivity contribution in [3.63, 3.8) is 0 Å². The second kappa shape index (κ2) is 10.4. The van der Waals surface area contributed by atoms with Gasteiger partial charge in [-0.1, -0.05) is 26.0 Å². The van der Waals surface area contributed by atoms with Gasteiger partial charge in [0.05, 0.1) is 13.3 Å². The first-order chi connectivity index (χ1) is 19.2. The number of ether oxygens (including phenoxy) is 1. The maximum Gasteiger partial charge on any atom is 0.305 e. The minimum atomic E-state index is -0.496. The zero-order valence-electron chi connectivity index (χ0n) is 24.2. The number of nitrogens with zero attached hydrogens (tertiary/aromatic N) is 3. The van der Waals surface area contributed by atoms with Crippen LogP contribution in [0, 0.1) is 65.0 Å². The highest BCUT2D eigenvalue weighted by Gasteiger charge is 2.67. The summed E-state index contributed by atoms with van der Waals surface area (Å²) in [7, 11) is 1.43. The topological polar surface area (TPSA) is 74.1 Å². The van der Waals surface area contributed by atoms with Crippen LogP contribution in [-0.4, -0.2) is 33.9 Å². The molecule has 2 radical (unpaired) electrons. The summed E-state index contributed by atoms with van der Waals surface area (Å²) in [6.45, 7) is 6.85. The number of halogens is 1. The molecule has 0 N–H and O–H groups in total. The number of hydrogen-bond donors (Lipinski definition) is 0. The summed E-state index contributed by atoms with van der Waals surface area (Å²) in [6.07, 6.45) is 14.4. The molecule has 2 aromatic rings. The van der Waals surface area contributed by atoms with Crippen LogP contribution in [0.2, 0.25) is 0 Å². The minimum Gasteiger partial charge on any atom is -0.469 e. The van der Waals surface area contributed by atoms with E-state index in [0.29, 0.717) is 29.9 Å². The largest absolute Gasteiger partial charge is 0.469 e. The number of rotatable bonds is 6. The highest BCUT2D eigenvalue weighted by atomic mass is 19.1. The zero-order valence-corrected chi connectivity index (χ0v) is 24.2. The van der Waals surface area contributed by atoms with Crippen LogP contribution >= 0.6 is 0 Å². The molecule has 0 spiro atoms. The van der Waals surface area contributed by atoms with Gasteiger partial charge >= 0.3 is 5.97 Å². The van der Waals surface area contributed by atoms with Crippen molar-refractivity contribution < 1.29 is 18.7 Å². The van der Waals surface area contributed by atoms with E-state index in [9.17, 15) is 9.18 Å². The van der Waals surface area contributed by atoms with Gasteiger partial charge in [-0.25, -0.2) is 9.07 Å². The van der Waals surface area contributed by atoms with Gasteiger partial charge in [-0.3, -0.25) is 9.59 Å². The predicted octanol–water partition coefficient (Wildman–Crippen LogP) is 6.68. The molecule has 1 aromatic heterocycles. The maximum atomic E-state index is 15.0. The number of carbonyl (C=O) groups excluding carboxylic acids is 2. The third-order valence-electron chi connectivity index (χ3n) is 11.7. The first kappa shape index (κ1) is 27.6. The average molecular weight is 548 g/mol. The second-order valence-corrected chi connectivity index (χ2v) is 13.4. The lowest BCUT2D eigenvalue weighted by atomic mass is 9.43. The lowest BCUT2D eigenvalue weighted by molar-refractivity contribution is -0.162. The number of hydrogen-bond acceptors (Lipinski definition) is 5. The van der Waals surface area contributed by atoms with Gasteiger partial charge in [0.15, 0.2) is 5.78 Å². The fraction of sp³-hybridized carbons (Fsp3) is 0.636. The van der Waals surface area contributed by atoms with E-state index in [1.807, 2.05) is 10.9 Å². The molecule has 4 unspecified atom stereocenters. The Kier molecular flexibility index (Phi) is 7.15. The van der Waals surface area contributed by atoms with Crippen molar-refractivity contribution in [1.82, 2.24) is 15.0 Å². The monoisotopic (exact) mass is 547 g/mol. The SMILES string of the molecule is COC(=O)CC[C@@H](C)C1CCC2C3[CH]C[C@@H]4C[CH]CC[C@]4(C)C3[C@H](n3cc(-c4ccc(F)cc4)nn3)C(=O)[C@@]21C. The molecule has 214 valence electrons. The number of methoxy groups -OCH3 is 1. The molecule has 4 saturated carbocycles. The normalized spacial score (nSPS) is 37.8. The summed E-state index contributed by atoms with van der Waals surface area (Å²) >= 11 is 0. The molecule has 1 aromatic carbocycles. The van der Waals surface area contributed by atoms with Crippen molar-refractivity contribution in [2.24, 2.45) is 46.3 Å². The smallest absolute Gasteiger partial charge is 0.305 e. The molecule has 1 heterocycles. The van der Waals surface area contributed by atoms with Gasteiger partial charge in [0.2, 0.25) is 0 Å². The Bertz CT molecular complexity index is 1260. The molecule has 4 fully saturated rings. The third kappa shape index (κ3) is 4.25. The van der Waals surface area contributed by atoms with Crippen molar-refractivity contribution in [3.05, 3.63) is 49.1 Å². The van der Waals surface area contributed by atoms with Crippen LogP contribution in [0.5, 0.6) is 0 Å². The number of esters is 1. The van der Waals surface area contributed by atoms with E-state index in [4.69, 9.17) is 4.74 Å². The molecule has 0 aliphatic heterocycles. The molecule has 9 atom stereocenters. The summed E-state index contributed by atoms with van der Waals surface area (Å²) < 4.78 is 20.4. The Morgan fingerprint density at radius 3 is 2.73 bits per heavy atom. The Morgan fingerprint density at radius 2 is 1.98 bits per heavy atom. The van der Waals surface area contributed by atoms with E-state index >= 15 is 4.79 Å². The Labute approximate surface area is 237 Å². The second-order valence-electron chi connectivity index (χ2n) is 13.4. The number of fused-ring (bicyclic) bond motifs is 5. The summed E-state index contributed by atoms with van der Waals surface area (Å²) in [5.41, 5.74) is 0.999. The molecule has 0 bridgehead atoms. The summed E-state index contributed by atoms with van der Waals surface area (Å²) in [5.74, 6) is 1.58. The van der Waals surface area contributed by atoms with Crippen LogP contribution in [0.25, 0.3) is 11.3 Å². The number of carbonyl (C=O) groups is 2. The number of aromatic nitrogens is 3. The summed E-state index contributed by atoms with van der Waals surface area (Å²) in [4.78, 5) is 27.0. The van der Waals surface area contributed by atoms with Crippen LogP contribution in [0.15, 0.2) is 30.5 Å². The van der Waals surface area contributed by atoms with Crippen LogP contribution in [-0.2, 0) is 14.3 Å². The quantitative estimate of drug-likeness (QED) is 0.377. The summed E-state index contributed by atoms with van der Waals surface area (Å²) in [5, 5.41) is 9.09.